The molecule has 0 radical (unpaired) electrons. The van der Waals surface area contributed by atoms with Gasteiger partial charge in [-0.2, -0.15) is 0 Å². The standard InChI is InChI=1S/C19H24N8O.HI/c1-25-16-5-4-14(28-2)12-15(16)24-17(25)13-23-18(20)26-8-10-27(11-9-26)19-21-6-3-7-22-19;/h3-7,12H,8-11,13H2,1-2H3,(H2,20,23);1H. The normalized spacial score (nSPS) is 14.8. The number of guanidine groups is 1. The second-order valence-electron chi connectivity index (χ2n) is 6.64. The van der Waals surface area contributed by atoms with Crippen molar-refractivity contribution in [3.8, 4) is 5.75 Å². The molecule has 2 aromatic heterocycles. The van der Waals surface area contributed by atoms with Crippen molar-refractivity contribution < 1.29 is 4.74 Å². The number of aryl methyl sites for hydroxylation is 1. The highest BCUT2D eigenvalue weighted by Gasteiger charge is 2.20. The van der Waals surface area contributed by atoms with E-state index in [1.807, 2.05) is 35.9 Å². The minimum Gasteiger partial charge on any atom is -0.497 e. The maximum Gasteiger partial charge on any atom is 0.225 e. The van der Waals surface area contributed by atoms with Crippen LogP contribution in [0.1, 0.15) is 5.82 Å². The summed E-state index contributed by atoms with van der Waals surface area (Å²) in [5, 5.41) is 0. The summed E-state index contributed by atoms with van der Waals surface area (Å²) in [5.74, 6) is 2.95. The van der Waals surface area contributed by atoms with E-state index in [-0.39, 0.29) is 24.0 Å². The van der Waals surface area contributed by atoms with Crippen LogP contribution in [-0.2, 0) is 13.6 Å². The van der Waals surface area contributed by atoms with Gasteiger partial charge in [-0.15, -0.1) is 24.0 Å². The Balaban J connectivity index is 0.00000240. The largest absolute Gasteiger partial charge is 0.497 e. The predicted octanol–water partition coefficient (Wildman–Crippen LogP) is 1.63. The van der Waals surface area contributed by atoms with Crippen LogP contribution < -0.4 is 15.4 Å². The van der Waals surface area contributed by atoms with Crippen molar-refractivity contribution in [1.29, 1.82) is 0 Å². The van der Waals surface area contributed by atoms with Gasteiger partial charge in [0.1, 0.15) is 18.1 Å². The van der Waals surface area contributed by atoms with Gasteiger partial charge in [-0.25, -0.2) is 19.9 Å². The number of nitrogens with two attached hydrogens (primary N) is 1. The molecule has 0 atom stereocenters. The van der Waals surface area contributed by atoms with E-state index in [1.165, 1.54) is 0 Å². The van der Waals surface area contributed by atoms with Gasteiger partial charge in [0.25, 0.3) is 0 Å². The Bertz CT molecular complexity index is 983. The van der Waals surface area contributed by atoms with E-state index in [0.717, 1.165) is 54.7 Å². The number of aromatic nitrogens is 4. The Labute approximate surface area is 186 Å². The summed E-state index contributed by atoms with van der Waals surface area (Å²) in [5.41, 5.74) is 8.17. The van der Waals surface area contributed by atoms with Gasteiger partial charge in [-0.05, 0) is 18.2 Å². The highest BCUT2D eigenvalue weighted by Crippen LogP contribution is 2.21. The Kier molecular flexibility index (Phi) is 6.72. The predicted molar refractivity (Wildman–Crippen MR) is 124 cm³/mol. The lowest BCUT2D eigenvalue weighted by Gasteiger charge is -2.35. The molecule has 1 saturated heterocycles. The number of ether oxygens (including phenoxy) is 1. The van der Waals surface area contributed by atoms with Crippen molar-refractivity contribution >= 4 is 46.9 Å². The van der Waals surface area contributed by atoms with Crippen LogP contribution in [0.3, 0.4) is 0 Å². The minimum absolute atomic E-state index is 0. The summed E-state index contributed by atoms with van der Waals surface area (Å²) in [6.45, 7) is 3.63. The number of piperazine rings is 1. The smallest absolute Gasteiger partial charge is 0.225 e. The first-order chi connectivity index (χ1) is 13.7. The van der Waals surface area contributed by atoms with Crippen LogP contribution in [0.15, 0.2) is 41.7 Å². The summed E-state index contributed by atoms with van der Waals surface area (Å²) in [6, 6.07) is 7.68. The van der Waals surface area contributed by atoms with E-state index < -0.39 is 0 Å². The SMILES string of the molecule is COc1ccc2c(c1)nc(CN=C(N)N1CCN(c3ncccn3)CC1)n2C.I. The average Bonchev–Trinajstić information content (AvgIpc) is 3.07. The Morgan fingerprint density at radius 2 is 1.90 bits per heavy atom. The molecule has 1 aliphatic rings. The molecule has 3 aromatic rings. The molecular weight excluding hydrogens is 483 g/mol. The highest BCUT2D eigenvalue weighted by atomic mass is 127. The molecule has 1 aromatic carbocycles. The summed E-state index contributed by atoms with van der Waals surface area (Å²) < 4.78 is 7.31. The van der Waals surface area contributed by atoms with Gasteiger partial charge in [-0.1, -0.05) is 0 Å². The molecule has 10 heteroatoms. The van der Waals surface area contributed by atoms with Crippen molar-refractivity contribution in [2.45, 2.75) is 6.54 Å². The van der Waals surface area contributed by atoms with Gasteiger partial charge in [0, 0.05) is 51.7 Å². The van der Waals surface area contributed by atoms with E-state index in [0.29, 0.717) is 12.5 Å². The molecule has 2 N–H and O–H groups in total. The summed E-state index contributed by atoms with van der Waals surface area (Å²) in [4.78, 5) is 22.1. The monoisotopic (exact) mass is 508 g/mol. The number of aliphatic imine (C=N–C) groups is 1. The fraction of sp³-hybridized carbons (Fsp3) is 0.368. The zero-order valence-electron chi connectivity index (χ0n) is 16.5. The number of hydrogen-bond acceptors (Lipinski definition) is 6. The lowest BCUT2D eigenvalue weighted by atomic mass is 10.3. The first-order valence-corrected chi connectivity index (χ1v) is 9.22. The maximum atomic E-state index is 6.24. The van der Waals surface area contributed by atoms with Crippen molar-refractivity contribution in [2.75, 3.05) is 38.2 Å². The molecular formula is C19H25IN8O. The molecule has 0 bridgehead atoms. The van der Waals surface area contributed by atoms with Crippen molar-refractivity contribution in [2.24, 2.45) is 17.8 Å². The molecule has 0 aliphatic carbocycles. The van der Waals surface area contributed by atoms with E-state index in [1.54, 1.807) is 19.5 Å². The number of anilines is 1. The molecule has 1 aliphatic heterocycles. The van der Waals surface area contributed by atoms with Crippen LogP contribution in [0.2, 0.25) is 0 Å². The number of fused-ring (bicyclic) bond motifs is 1. The fourth-order valence-corrected chi connectivity index (χ4v) is 3.34. The molecule has 9 nitrogen and oxygen atoms in total. The van der Waals surface area contributed by atoms with Gasteiger partial charge >= 0.3 is 0 Å². The summed E-state index contributed by atoms with van der Waals surface area (Å²) in [6.07, 6.45) is 3.52. The number of rotatable bonds is 4. The van der Waals surface area contributed by atoms with Crippen LogP contribution >= 0.6 is 24.0 Å². The van der Waals surface area contributed by atoms with Crippen LogP contribution in [-0.4, -0.2) is 63.7 Å². The summed E-state index contributed by atoms with van der Waals surface area (Å²) >= 11 is 0. The van der Waals surface area contributed by atoms with Crippen molar-refractivity contribution in [3.05, 3.63) is 42.5 Å². The minimum atomic E-state index is 0. The van der Waals surface area contributed by atoms with Gasteiger partial charge in [-0.3, -0.25) is 0 Å². The number of imidazole rings is 1. The van der Waals surface area contributed by atoms with Gasteiger partial charge in [0.2, 0.25) is 5.95 Å². The Hall–Kier alpha value is -2.63. The zero-order valence-corrected chi connectivity index (χ0v) is 18.9. The first-order valence-electron chi connectivity index (χ1n) is 9.22. The lowest BCUT2D eigenvalue weighted by Crippen LogP contribution is -2.51. The number of hydrogen-bond donors (Lipinski definition) is 1. The molecule has 4 rings (SSSR count). The quantitative estimate of drug-likeness (QED) is 0.325. The molecule has 1 fully saturated rings. The maximum absolute atomic E-state index is 6.24. The molecule has 0 amide bonds. The second kappa shape index (κ2) is 9.25. The second-order valence-corrected chi connectivity index (χ2v) is 6.64. The third-order valence-electron chi connectivity index (χ3n) is 5.00. The fourth-order valence-electron chi connectivity index (χ4n) is 3.34. The molecule has 29 heavy (non-hydrogen) atoms. The van der Waals surface area contributed by atoms with E-state index in [2.05, 4.69) is 29.7 Å². The van der Waals surface area contributed by atoms with Gasteiger partial charge in [0.05, 0.1) is 18.1 Å². The number of benzene rings is 1. The third-order valence-corrected chi connectivity index (χ3v) is 5.00. The summed E-state index contributed by atoms with van der Waals surface area (Å²) in [7, 11) is 3.64. The Morgan fingerprint density at radius 1 is 1.17 bits per heavy atom. The molecule has 0 unspecified atom stereocenters. The van der Waals surface area contributed by atoms with Gasteiger partial charge in [0.15, 0.2) is 5.96 Å². The average molecular weight is 508 g/mol. The molecule has 3 heterocycles. The molecule has 0 saturated carbocycles. The van der Waals surface area contributed by atoms with Crippen LogP contribution in [0.5, 0.6) is 5.75 Å². The van der Waals surface area contributed by atoms with E-state index >= 15 is 0 Å². The first kappa shape index (κ1) is 21.1. The molecule has 0 spiro atoms. The number of nitrogens with zero attached hydrogens (tertiary/aromatic N) is 7. The lowest BCUT2D eigenvalue weighted by molar-refractivity contribution is 0.378. The highest BCUT2D eigenvalue weighted by molar-refractivity contribution is 14.0. The van der Waals surface area contributed by atoms with E-state index in [9.17, 15) is 0 Å². The Morgan fingerprint density at radius 3 is 2.59 bits per heavy atom. The topological polar surface area (TPSA) is 97.7 Å². The third kappa shape index (κ3) is 4.52. The van der Waals surface area contributed by atoms with Crippen LogP contribution in [0.25, 0.3) is 11.0 Å². The number of methoxy groups -OCH3 is 1. The van der Waals surface area contributed by atoms with Crippen molar-refractivity contribution in [3.63, 3.8) is 0 Å². The van der Waals surface area contributed by atoms with Crippen LogP contribution in [0.4, 0.5) is 5.95 Å². The van der Waals surface area contributed by atoms with Crippen LogP contribution in [0, 0.1) is 0 Å². The molecule has 154 valence electrons. The van der Waals surface area contributed by atoms with Crippen molar-refractivity contribution in [1.82, 2.24) is 24.4 Å². The zero-order chi connectivity index (χ0) is 19.5. The van der Waals surface area contributed by atoms with Gasteiger partial charge < -0.3 is 24.8 Å². The number of halogens is 1. The van der Waals surface area contributed by atoms with E-state index in [4.69, 9.17) is 10.5 Å².